The molecule has 4 nitrogen and oxygen atoms in total. The van der Waals surface area contributed by atoms with E-state index in [2.05, 4.69) is 127 Å². The third-order valence-electron chi connectivity index (χ3n) is 10.6. The lowest BCUT2D eigenvalue weighted by atomic mass is 9.97. The van der Waals surface area contributed by atoms with Gasteiger partial charge in [0.05, 0.1) is 0 Å². The highest BCUT2D eigenvalue weighted by Crippen LogP contribution is 2.42. The summed E-state index contributed by atoms with van der Waals surface area (Å²) in [5, 5.41) is 4.44. The van der Waals surface area contributed by atoms with E-state index in [4.69, 9.17) is 19.4 Å². The molecule has 3 heterocycles. The van der Waals surface area contributed by atoms with Crippen molar-refractivity contribution in [3.8, 4) is 67.5 Å². The molecule has 262 valence electrons. The maximum atomic E-state index is 6.14. The Bertz CT molecular complexity index is 3220. The molecule has 0 radical (unpaired) electrons. The summed E-state index contributed by atoms with van der Waals surface area (Å²) in [4.78, 5) is 15.4. The number of hydrogen-bond donors (Lipinski definition) is 0. The lowest BCUT2D eigenvalue weighted by molar-refractivity contribution is 0.669. The van der Waals surface area contributed by atoms with Crippen molar-refractivity contribution in [1.29, 1.82) is 0 Å². The third kappa shape index (κ3) is 5.65. The Morgan fingerprint density at radius 2 is 0.839 bits per heavy atom. The first kappa shape index (κ1) is 32.2. The van der Waals surface area contributed by atoms with Crippen molar-refractivity contribution in [2.24, 2.45) is 0 Å². The van der Waals surface area contributed by atoms with Crippen molar-refractivity contribution >= 4 is 53.4 Å². The predicted octanol–water partition coefficient (Wildman–Crippen LogP) is 14.1. The lowest BCUT2D eigenvalue weighted by Gasteiger charge is -2.10. The summed E-state index contributed by atoms with van der Waals surface area (Å²) in [6.45, 7) is 0. The number of benzene rings is 8. The SMILES string of the molecule is c1ccc(-c2ccc(-c3ccc(-c4ccc5sc6cccc(-c7nc(-c8ccccc8)nc(-c8ccc9oc%10ccccc%10c9c8)n7)c6c5c4)cc3)cc2)cc1. The standard InChI is InChI=1S/C51H31N3OS/c1-3-10-32(11-4-1)33-18-20-34(21-19-33)35-22-24-36(25-23-35)38-27-29-46-43(30-38)48-41(15-9-17-47(48)56-46)51-53-49(37-12-5-2-6-13-37)52-50(54-51)39-26-28-45-42(31-39)40-14-7-8-16-44(40)55-45/h1-31H. The molecule has 3 aromatic heterocycles. The molecule has 11 rings (SSSR count). The number of aromatic nitrogens is 3. The average molecular weight is 734 g/mol. The highest BCUT2D eigenvalue weighted by atomic mass is 32.1. The average Bonchev–Trinajstić information content (AvgIpc) is 3.85. The van der Waals surface area contributed by atoms with Crippen LogP contribution in [0.25, 0.3) is 110 Å². The molecule has 11 aromatic rings. The minimum absolute atomic E-state index is 0.619. The quantitative estimate of drug-likeness (QED) is 0.171. The summed E-state index contributed by atoms with van der Waals surface area (Å²) in [6.07, 6.45) is 0. The Morgan fingerprint density at radius 3 is 1.55 bits per heavy atom. The molecular weight excluding hydrogens is 703 g/mol. The van der Waals surface area contributed by atoms with Gasteiger partial charge in [-0.05, 0) is 75.8 Å². The molecule has 0 saturated heterocycles. The first-order chi connectivity index (χ1) is 27.7. The van der Waals surface area contributed by atoms with E-state index < -0.39 is 0 Å². The predicted molar refractivity (Wildman–Crippen MR) is 233 cm³/mol. The Kier molecular flexibility index (Phi) is 7.64. The van der Waals surface area contributed by atoms with Crippen LogP contribution in [0.3, 0.4) is 0 Å². The number of fused-ring (bicyclic) bond motifs is 6. The Balaban J connectivity index is 1.01. The van der Waals surface area contributed by atoms with Gasteiger partial charge in [0.25, 0.3) is 0 Å². The second-order valence-corrected chi connectivity index (χ2v) is 15.1. The molecular formula is C51H31N3OS. The summed E-state index contributed by atoms with van der Waals surface area (Å²) < 4.78 is 8.56. The molecule has 0 saturated carbocycles. The van der Waals surface area contributed by atoms with Gasteiger partial charge >= 0.3 is 0 Å². The van der Waals surface area contributed by atoms with Crippen molar-refractivity contribution in [3.05, 3.63) is 188 Å². The van der Waals surface area contributed by atoms with E-state index >= 15 is 0 Å². The van der Waals surface area contributed by atoms with Gasteiger partial charge in [-0.2, -0.15) is 0 Å². The molecule has 56 heavy (non-hydrogen) atoms. The van der Waals surface area contributed by atoms with E-state index in [0.717, 1.165) is 44.0 Å². The van der Waals surface area contributed by atoms with E-state index in [9.17, 15) is 0 Å². The molecule has 0 bridgehead atoms. The number of para-hydroxylation sites is 1. The summed E-state index contributed by atoms with van der Waals surface area (Å²) >= 11 is 1.80. The maximum absolute atomic E-state index is 6.14. The van der Waals surface area contributed by atoms with Gasteiger partial charge in [0.15, 0.2) is 17.5 Å². The highest BCUT2D eigenvalue weighted by molar-refractivity contribution is 7.26. The molecule has 8 aromatic carbocycles. The molecule has 0 unspecified atom stereocenters. The van der Waals surface area contributed by atoms with Crippen molar-refractivity contribution in [1.82, 2.24) is 15.0 Å². The molecule has 0 amide bonds. The van der Waals surface area contributed by atoms with Gasteiger partial charge in [-0.3, -0.25) is 0 Å². The van der Waals surface area contributed by atoms with Crippen LogP contribution in [-0.4, -0.2) is 15.0 Å². The number of rotatable bonds is 6. The first-order valence-corrected chi connectivity index (χ1v) is 19.5. The maximum Gasteiger partial charge on any atom is 0.164 e. The van der Waals surface area contributed by atoms with Crippen LogP contribution < -0.4 is 0 Å². The van der Waals surface area contributed by atoms with Crippen molar-refractivity contribution in [3.63, 3.8) is 0 Å². The van der Waals surface area contributed by atoms with Crippen LogP contribution >= 0.6 is 11.3 Å². The van der Waals surface area contributed by atoms with E-state index in [-0.39, 0.29) is 0 Å². The molecule has 0 aliphatic heterocycles. The topological polar surface area (TPSA) is 51.8 Å². The van der Waals surface area contributed by atoms with E-state index in [1.54, 1.807) is 11.3 Å². The van der Waals surface area contributed by atoms with Gasteiger partial charge in [-0.15, -0.1) is 11.3 Å². The number of hydrogen-bond acceptors (Lipinski definition) is 5. The van der Waals surface area contributed by atoms with Gasteiger partial charge in [0.2, 0.25) is 0 Å². The van der Waals surface area contributed by atoms with Crippen LogP contribution in [0.5, 0.6) is 0 Å². The molecule has 0 fully saturated rings. The second kappa shape index (κ2) is 13.3. The molecule has 0 atom stereocenters. The minimum atomic E-state index is 0.619. The van der Waals surface area contributed by atoms with Gasteiger partial charge in [-0.1, -0.05) is 146 Å². The zero-order valence-corrected chi connectivity index (χ0v) is 30.9. The molecule has 5 heteroatoms. The first-order valence-electron chi connectivity index (χ1n) is 18.7. The second-order valence-electron chi connectivity index (χ2n) is 14.0. The van der Waals surface area contributed by atoms with E-state index in [0.29, 0.717) is 17.5 Å². The summed E-state index contributed by atoms with van der Waals surface area (Å²) in [5.74, 6) is 1.90. The zero-order chi connectivity index (χ0) is 37.0. The third-order valence-corrected chi connectivity index (χ3v) is 11.7. The van der Waals surface area contributed by atoms with Gasteiger partial charge in [0, 0.05) is 47.6 Å². The fraction of sp³-hybridized carbons (Fsp3) is 0. The van der Waals surface area contributed by atoms with Crippen LogP contribution in [0.1, 0.15) is 0 Å². The smallest absolute Gasteiger partial charge is 0.164 e. The van der Waals surface area contributed by atoms with E-state index in [1.165, 1.54) is 48.2 Å². The van der Waals surface area contributed by atoms with Gasteiger partial charge in [0.1, 0.15) is 11.2 Å². The fourth-order valence-corrected chi connectivity index (χ4v) is 8.85. The Hall–Kier alpha value is -7.21. The minimum Gasteiger partial charge on any atom is -0.456 e. The van der Waals surface area contributed by atoms with E-state index in [1.807, 2.05) is 60.7 Å². The number of thiophene rings is 1. The largest absolute Gasteiger partial charge is 0.456 e. The molecule has 0 aliphatic rings. The van der Waals surface area contributed by atoms with Gasteiger partial charge in [-0.25, -0.2) is 15.0 Å². The van der Waals surface area contributed by atoms with Crippen LogP contribution in [0.15, 0.2) is 192 Å². The van der Waals surface area contributed by atoms with Crippen LogP contribution in [0.4, 0.5) is 0 Å². The Labute approximate surface area is 327 Å². The molecule has 0 N–H and O–H groups in total. The lowest BCUT2D eigenvalue weighted by Crippen LogP contribution is -2.00. The number of nitrogens with zero attached hydrogens (tertiary/aromatic N) is 3. The summed E-state index contributed by atoms with van der Waals surface area (Å²) in [5.41, 5.74) is 11.7. The van der Waals surface area contributed by atoms with Gasteiger partial charge < -0.3 is 4.42 Å². The summed E-state index contributed by atoms with van der Waals surface area (Å²) in [7, 11) is 0. The number of furan rings is 1. The van der Waals surface area contributed by atoms with Crippen molar-refractivity contribution in [2.45, 2.75) is 0 Å². The van der Waals surface area contributed by atoms with Crippen molar-refractivity contribution < 1.29 is 4.42 Å². The van der Waals surface area contributed by atoms with Crippen LogP contribution in [0.2, 0.25) is 0 Å². The summed E-state index contributed by atoms with van der Waals surface area (Å²) in [6, 6.07) is 65.9. The van der Waals surface area contributed by atoms with Crippen LogP contribution in [0, 0.1) is 0 Å². The fourth-order valence-electron chi connectivity index (χ4n) is 7.74. The Morgan fingerprint density at radius 1 is 0.321 bits per heavy atom. The molecule has 0 aliphatic carbocycles. The van der Waals surface area contributed by atoms with Crippen LogP contribution in [-0.2, 0) is 0 Å². The highest BCUT2D eigenvalue weighted by Gasteiger charge is 2.18. The zero-order valence-electron chi connectivity index (χ0n) is 30.1. The normalized spacial score (nSPS) is 11.6. The molecule has 0 spiro atoms. The van der Waals surface area contributed by atoms with Crippen molar-refractivity contribution in [2.75, 3.05) is 0 Å². The monoisotopic (exact) mass is 733 g/mol.